The monoisotopic (exact) mass is 422 g/mol. The number of rotatable bonds is 6. The number of aromatic nitrogens is 2. The fourth-order valence-electron chi connectivity index (χ4n) is 2.96. The molecule has 4 rings (SSSR count). The SMILES string of the molecule is Cc1ccc(NC(=O)Cc2csc(NC(=O)Cc3cccs3)n2)c2cccnc12. The molecule has 3 aromatic heterocycles. The van der Waals surface area contributed by atoms with E-state index in [0.29, 0.717) is 17.2 Å². The standard InChI is InChI=1S/C21H18N4O2S2/c1-13-6-7-17(16-5-2-8-22-20(13)16)24-18(26)10-14-12-29-21(23-14)25-19(27)11-15-4-3-9-28-15/h2-9,12H,10-11H2,1H3,(H,24,26)(H,23,25,27). The minimum Gasteiger partial charge on any atom is -0.325 e. The van der Waals surface area contributed by atoms with Crippen molar-refractivity contribution in [1.29, 1.82) is 0 Å². The summed E-state index contributed by atoms with van der Waals surface area (Å²) in [5.41, 5.74) is 3.27. The molecule has 6 nitrogen and oxygen atoms in total. The molecule has 0 unspecified atom stereocenters. The van der Waals surface area contributed by atoms with Gasteiger partial charge >= 0.3 is 0 Å². The molecule has 0 bridgehead atoms. The Morgan fingerprint density at radius 3 is 2.69 bits per heavy atom. The van der Waals surface area contributed by atoms with Crippen LogP contribution in [0.25, 0.3) is 10.9 Å². The van der Waals surface area contributed by atoms with Gasteiger partial charge in [-0.3, -0.25) is 14.6 Å². The third-order valence-corrected chi connectivity index (χ3v) is 5.98. The minimum atomic E-state index is -0.166. The summed E-state index contributed by atoms with van der Waals surface area (Å²) in [6.45, 7) is 1.99. The smallest absolute Gasteiger partial charge is 0.231 e. The molecular formula is C21H18N4O2S2. The number of hydrogen-bond donors (Lipinski definition) is 2. The van der Waals surface area contributed by atoms with Crippen molar-refractivity contribution in [1.82, 2.24) is 9.97 Å². The van der Waals surface area contributed by atoms with E-state index in [9.17, 15) is 9.59 Å². The van der Waals surface area contributed by atoms with Crippen molar-refractivity contribution in [2.45, 2.75) is 19.8 Å². The maximum absolute atomic E-state index is 12.5. The lowest BCUT2D eigenvalue weighted by atomic mass is 10.1. The van der Waals surface area contributed by atoms with Crippen LogP contribution in [0, 0.1) is 6.92 Å². The van der Waals surface area contributed by atoms with Crippen LogP contribution in [0.15, 0.2) is 53.4 Å². The highest BCUT2D eigenvalue weighted by atomic mass is 32.1. The van der Waals surface area contributed by atoms with Crippen LogP contribution in [0.4, 0.5) is 10.8 Å². The van der Waals surface area contributed by atoms with Crippen LogP contribution < -0.4 is 10.6 Å². The highest BCUT2D eigenvalue weighted by Gasteiger charge is 2.12. The quantitative estimate of drug-likeness (QED) is 0.482. The Balaban J connectivity index is 1.38. The number of anilines is 2. The number of fused-ring (bicyclic) bond motifs is 1. The summed E-state index contributed by atoms with van der Waals surface area (Å²) in [6, 6.07) is 11.5. The highest BCUT2D eigenvalue weighted by molar-refractivity contribution is 7.14. The number of nitrogens with one attached hydrogen (secondary N) is 2. The minimum absolute atomic E-state index is 0.114. The number of thiophene rings is 1. The largest absolute Gasteiger partial charge is 0.325 e. The van der Waals surface area contributed by atoms with Gasteiger partial charge in [0.2, 0.25) is 11.8 Å². The maximum atomic E-state index is 12.5. The second-order valence-corrected chi connectivity index (χ2v) is 8.39. The third kappa shape index (κ3) is 4.67. The number of pyridine rings is 1. The molecule has 146 valence electrons. The van der Waals surface area contributed by atoms with Crippen molar-refractivity contribution in [2.75, 3.05) is 10.6 Å². The first-order valence-corrected chi connectivity index (χ1v) is 10.8. The average molecular weight is 423 g/mol. The Labute approximate surface area is 175 Å². The van der Waals surface area contributed by atoms with Crippen molar-refractivity contribution in [2.24, 2.45) is 0 Å². The molecule has 0 aliphatic rings. The first-order chi connectivity index (χ1) is 14.1. The molecule has 3 heterocycles. The van der Waals surface area contributed by atoms with Gasteiger partial charge in [0, 0.05) is 21.8 Å². The van der Waals surface area contributed by atoms with Crippen molar-refractivity contribution < 1.29 is 9.59 Å². The predicted octanol–water partition coefficient (Wildman–Crippen LogP) is 4.42. The fourth-order valence-corrected chi connectivity index (χ4v) is 4.39. The normalized spacial score (nSPS) is 10.8. The van der Waals surface area contributed by atoms with Crippen LogP contribution in [-0.4, -0.2) is 21.8 Å². The van der Waals surface area contributed by atoms with E-state index in [2.05, 4.69) is 20.6 Å². The zero-order valence-electron chi connectivity index (χ0n) is 15.6. The molecule has 0 aliphatic carbocycles. The Morgan fingerprint density at radius 1 is 1.00 bits per heavy atom. The van der Waals surface area contributed by atoms with E-state index < -0.39 is 0 Å². The maximum Gasteiger partial charge on any atom is 0.231 e. The topological polar surface area (TPSA) is 84.0 Å². The first-order valence-electron chi connectivity index (χ1n) is 8.99. The zero-order valence-corrected chi connectivity index (χ0v) is 17.3. The number of nitrogens with zero attached hydrogens (tertiary/aromatic N) is 2. The summed E-state index contributed by atoms with van der Waals surface area (Å²) in [5.74, 6) is -0.280. The van der Waals surface area contributed by atoms with Crippen LogP contribution in [0.3, 0.4) is 0 Å². The number of carbonyl (C=O) groups excluding carboxylic acids is 2. The van der Waals surface area contributed by atoms with E-state index in [-0.39, 0.29) is 18.2 Å². The molecule has 0 saturated heterocycles. The van der Waals surface area contributed by atoms with E-state index in [4.69, 9.17) is 0 Å². The molecule has 8 heteroatoms. The average Bonchev–Trinajstić information content (AvgIpc) is 3.36. The van der Waals surface area contributed by atoms with Crippen LogP contribution in [-0.2, 0) is 22.4 Å². The van der Waals surface area contributed by atoms with Gasteiger partial charge in [0.15, 0.2) is 5.13 Å². The summed E-state index contributed by atoms with van der Waals surface area (Å²) >= 11 is 2.86. The highest BCUT2D eigenvalue weighted by Crippen LogP contribution is 2.25. The predicted molar refractivity (Wildman–Crippen MR) is 118 cm³/mol. The Kier molecular flexibility index (Phi) is 5.64. The molecule has 29 heavy (non-hydrogen) atoms. The van der Waals surface area contributed by atoms with Gasteiger partial charge in [0.1, 0.15) is 0 Å². The summed E-state index contributed by atoms with van der Waals surface area (Å²) in [5, 5.41) is 10.9. The lowest BCUT2D eigenvalue weighted by Crippen LogP contribution is -2.16. The van der Waals surface area contributed by atoms with E-state index in [1.165, 1.54) is 11.3 Å². The van der Waals surface area contributed by atoms with Gasteiger partial charge in [-0.05, 0) is 42.1 Å². The molecule has 2 amide bonds. The lowest BCUT2D eigenvalue weighted by molar-refractivity contribution is -0.116. The summed E-state index contributed by atoms with van der Waals surface area (Å²) in [7, 11) is 0. The molecule has 0 fully saturated rings. The third-order valence-electron chi connectivity index (χ3n) is 4.30. The Bertz CT molecular complexity index is 1170. The van der Waals surface area contributed by atoms with E-state index >= 15 is 0 Å². The van der Waals surface area contributed by atoms with Gasteiger partial charge in [-0.15, -0.1) is 22.7 Å². The molecular weight excluding hydrogens is 404 g/mol. The van der Waals surface area contributed by atoms with Gasteiger partial charge in [0.25, 0.3) is 0 Å². The van der Waals surface area contributed by atoms with Crippen molar-refractivity contribution in [3.05, 3.63) is 69.5 Å². The number of aryl methyl sites for hydroxylation is 1. The van der Waals surface area contributed by atoms with Crippen LogP contribution in [0.2, 0.25) is 0 Å². The molecule has 0 aliphatic heterocycles. The molecule has 4 aromatic rings. The van der Waals surface area contributed by atoms with Crippen LogP contribution >= 0.6 is 22.7 Å². The molecule has 0 spiro atoms. The molecule has 0 radical (unpaired) electrons. The van der Waals surface area contributed by atoms with Gasteiger partial charge in [-0.2, -0.15) is 0 Å². The van der Waals surface area contributed by atoms with Gasteiger partial charge in [-0.1, -0.05) is 12.1 Å². The number of hydrogen-bond acceptors (Lipinski definition) is 6. The molecule has 0 atom stereocenters. The molecule has 2 N–H and O–H groups in total. The number of carbonyl (C=O) groups is 2. The second-order valence-electron chi connectivity index (χ2n) is 6.50. The van der Waals surface area contributed by atoms with Gasteiger partial charge < -0.3 is 10.6 Å². The van der Waals surface area contributed by atoms with E-state index in [1.54, 1.807) is 22.9 Å². The van der Waals surface area contributed by atoms with Gasteiger partial charge in [0.05, 0.1) is 29.7 Å². The fraction of sp³-hybridized carbons (Fsp3) is 0.143. The van der Waals surface area contributed by atoms with Crippen LogP contribution in [0.5, 0.6) is 0 Å². The van der Waals surface area contributed by atoms with E-state index in [1.807, 2.05) is 48.7 Å². The Hall–Kier alpha value is -3.10. The van der Waals surface area contributed by atoms with Crippen molar-refractivity contribution in [3.8, 4) is 0 Å². The Morgan fingerprint density at radius 2 is 1.86 bits per heavy atom. The number of benzene rings is 1. The van der Waals surface area contributed by atoms with E-state index in [0.717, 1.165) is 27.0 Å². The second kappa shape index (κ2) is 8.50. The van der Waals surface area contributed by atoms with Gasteiger partial charge in [-0.25, -0.2) is 4.98 Å². The van der Waals surface area contributed by atoms with Crippen LogP contribution in [0.1, 0.15) is 16.1 Å². The first kappa shape index (κ1) is 19.2. The number of amides is 2. The summed E-state index contributed by atoms with van der Waals surface area (Å²) < 4.78 is 0. The summed E-state index contributed by atoms with van der Waals surface area (Å²) in [4.78, 5) is 34.3. The summed E-state index contributed by atoms with van der Waals surface area (Å²) in [6.07, 6.45) is 2.19. The molecule has 1 aromatic carbocycles. The lowest BCUT2D eigenvalue weighted by Gasteiger charge is -2.09. The number of thiazole rings is 1. The van der Waals surface area contributed by atoms with Crippen molar-refractivity contribution in [3.63, 3.8) is 0 Å². The van der Waals surface area contributed by atoms with Crippen molar-refractivity contribution >= 4 is 56.2 Å². The molecule has 0 saturated carbocycles. The zero-order chi connectivity index (χ0) is 20.2.